The van der Waals surface area contributed by atoms with Crippen molar-refractivity contribution in [1.82, 2.24) is 29.9 Å². The van der Waals surface area contributed by atoms with Gasteiger partial charge in [0.25, 0.3) is 0 Å². The van der Waals surface area contributed by atoms with Crippen molar-refractivity contribution in [1.29, 1.82) is 0 Å². The number of amides is 1. The van der Waals surface area contributed by atoms with E-state index in [0.29, 0.717) is 0 Å². The molecule has 0 radical (unpaired) electrons. The highest BCUT2D eigenvalue weighted by atomic mass is 16.2. The Bertz CT molecular complexity index is 360. The van der Waals surface area contributed by atoms with Gasteiger partial charge in [-0.3, -0.25) is 9.69 Å². The van der Waals surface area contributed by atoms with Gasteiger partial charge in [-0.1, -0.05) is 0 Å². The third-order valence-corrected chi connectivity index (χ3v) is 3.15. The number of carbonyl (C=O) groups excluding carboxylic acids is 1. The molecule has 100 valence electrons. The molecule has 7 nitrogen and oxygen atoms in total. The van der Waals surface area contributed by atoms with Gasteiger partial charge in [0.05, 0.1) is 0 Å². The Morgan fingerprint density at radius 1 is 1.44 bits per heavy atom. The maximum absolute atomic E-state index is 11.9. The molecule has 7 heteroatoms. The number of rotatable bonds is 5. The smallest absolute Gasteiger partial charge is 0.244 e. The van der Waals surface area contributed by atoms with E-state index in [1.165, 1.54) is 6.33 Å². The van der Waals surface area contributed by atoms with Crippen molar-refractivity contribution < 1.29 is 4.79 Å². The van der Waals surface area contributed by atoms with Gasteiger partial charge >= 0.3 is 0 Å². The molecule has 0 atom stereocenters. The van der Waals surface area contributed by atoms with Crippen molar-refractivity contribution in [2.24, 2.45) is 0 Å². The molecule has 1 fully saturated rings. The van der Waals surface area contributed by atoms with Crippen LogP contribution in [0.2, 0.25) is 0 Å². The lowest BCUT2D eigenvalue weighted by Gasteiger charge is -2.29. The molecule has 2 heterocycles. The van der Waals surface area contributed by atoms with E-state index in [2.05, 4.69) is 20.3 Å². The first-order valence-electron chi connectivity index (χ1n) is 6.25. The van der Waals surface area contributed by atoms with Gasteiger partial charge in [0.2, 0.25) is 5.91 Å². The Labute approximate surface area is 107 Å². The van der Waals surface area contributed by atoms with Crippen molar-refractivity contribution >= 4 is 5.91 Å². The summed E-state index contributed by atoms with van der Waals surface area (Å²) in [6.45, 7) is 6.15. The van der Waals surface area contributed by atoms with E-state index < -0.39 is 0 Å². The van der Waals surface area contributed by atoms with E-state index in [1.807, 2.05) is 7.05 Å². The molecule has 18 heavy (non-hydrogen) atoms. The van der Waals surface area contributed by atoms with Crippen LogP contribution in [0.4, 0.5) is 0 Å². The number of nitrogens with zero attached hydrogens (tertiary/aromatic N) is 5. The van der Waals surface area contributed by atoms with Crippen LogP contribution >= 0.6 is 0 Å². The normalized spacial score (nSPS) is 16.7. The number of nitrogens with one attached hydrogen (secondary N) is 1. The zero-order chi connectivity index (χ0) is 12.8. The van der Waals surface area contributed by atoms with Crippen molar-refractivity contribution in [3.05, 3.63) is 12.7 Å². The molecule has 0 spiro atoms. The number of likely N-dealkylation sites (N-methyl/N-ethyl adjacent to an activating group) is 1. The summed E-state index contributed by atoms with van der Waals surface area (Å²) >= 11 is 0. The van der Waals surface area contributed by atoms with Gasteiger partial charge in [-0.05, 0) is 0 Å². The fourth-order valence-electron chi connectivity index (χ4n) is 1.92. The third-order valence-electron chi connectivity index (χ3n) is 3.15. The Morgan fingerprint density at radius 3 is 2.89 bits per heavy atom. The minimum atomic E-state index is 0.0654. The summed E-state index contributed by atoms with van der Waals surface area (Å²) in [5, 5.41) is 7.24. The van der Waals surface area contributed by atoms with E-state index >= 15 is 0 Å². The average Bonchev–Trinajstić information content (AvgIpc) is 2.90. The van der Waals surface area contributed by atoms with E-state index in [-0.39, 0.29) is 12.5 Å². The minimum Gasteiger partial charge on any atom is -0.343 e. The van der Waals surface area contributed by atoms with Crippen LogP contribution in [0.15, 0.2) is 12.7 Å². The van der Waals surface area contributed by atoms with E-state index in [4.69, 9.17) is 0 Å². The molecule has 2 rings (SSSR count). The number of carbonyl (C=O) groups is 1. The largest absolute Gasteiger partial charge is 0.343 e. The maximum atomic E-state index is 11.9. The standard InChI is InChI=1S/C11H20N6O/c1-15(6-7-16-4-2-12-3-5-16)11(18)8-17-10-13-9-14-17/h9-10,12H,2-8H2,1H3. The molecule has 1 amide bonds. The van der Waals surface area contributed by atoms with Crippen LogP contribution in [0.3, 0.4) is 0 Å². The maximum Gasteiger partial charge on any atom is 0.244 e. The number of hydrogen-bond acceptors (Lipinski definition) is 5. The summed E-state index contributed by atoms with van der Waals surface area (Å²) in [7, 11) is 1.83. The zero-order valence-electron chi connectivity index (χ0n) is 10.7. The fourth-order valence-corrected chi connectivity index (χ4v) is 1.92. The predicted octanol–water partition coefficient (Wildman–Crippen LogP) is -1.36. The lowest BCUT2D eigenvalue weighted by Crippen LogP contribution is -2.46. The van der Waals surface area contributed by atoms with Gasteiger partial charge < -0.3 is 10.2 Å². The highest BCUT2D eigenvalue weighted by Crippen LogP contribution is 1.95. The molecule has 0 aromatic carbocycles. The molecule has 1 aromatic rings. The van der Waals surface area contributed by atoms with Crippen LogP contribution in [-0.4, -0.2) is 76.8 Å². The Kier molecular flexibility index (Phi) is 4.66. The molecule has 1 N–H and O–H groups in total. The first-order chi connectivity index (χ1) is 8.75. The second-order valence-electron chi connectivity index (χ2n) is 4.50. The molecule has 0 unspecified atom stereocenters. The predicted molar refractivity (Wildman–Crippen MR) is 67.0 cm³/mol. The Hall–Kier alpha value is -1.47. The summed E-state index contributed by atoms with van der Waals surface area (Å²) in [6, 6.07) is 0. The summed E-state index contributed by atoms with van der Waals surface area (Å²) in [6.07, 6.45) is 3.00. The Balaban J connectivity index is 1.70. The fraction of sp³-hybridized carbons (Fsp3) is 0.727. The number of hydrogen-bond donors (Lipinski definition) is 1. The molecule has 1 aliphatic rings. The van der Waals surface area contributed by atoms with Gasteiger partial charge in [0, 0.05) is 46.3 Å². The van der Waals surface area contributed by atoms with Crippen LogP contribution < -0.4 is 5.32 Å². The molecule has 0 bridgehead atoms. The van der Waals surface area contributed by atoms with E-state index in [1.54, 1.807) is 15.9 Å². The number of piperazine rings is 1. The highest BCUT2D eigenvalue weighted by molar-refractivity contribution is 5.75. The van der Waals surface area contributed by atoms with Crippen molar-refractivity contribution in [3.63, 3.8) is 0 Å². The van der Waals surface area contributed by atoms with Crippen molar-refractivity contribution in [2.75, 3.05) is 46.3 Å². The van der Waals surface area contributed by atoms with E-state index in [9.17, 15) is 4.79 Å². The van der Waals surface area contributed by atoms with Gasteiger partial charge in [-0.25, -0.2) is 9.67 Å². The molecular formula is C11H20N6O. The summed E-state index contributed by atoms with van der Waals surface area (Å²) < 4.78 is 1.55. The van der Waals surface area contributed by atoms with Crippen molar-refractivity contribution in [2.45, 2.75) is 6.54 Å². The molecular weight excluding hydrogens is 232 g/mol. The SMILES string of the molecule is CN(CCN1CCNCC1)C(=O)Cn1cncn1. The molecule has 1 aliphatic heterocycles. The lowest BCUT2D eigenvalue weighted by molar-refractivity contribution is -0.130. The summed E-state index contributed by atoms with van der Waals surface area (Å²) in [5.74, 6) is 0.0654. The molecule has 1 aromatic heterocycles. The topological polar surface area (TPSA) is 66.3 Å². The monoisotopic (exact) mass is 252 g/mol. The van der Waals surface area contributed by atoms with Gasteiger partial charge in [0.1, 0.15) is 19.2 Å². The number of aromatic nitrogens is 3. The van der Waals surface area contributed by atoms with E-state index in [0.717, 1.165) is 39.3 Å². The summed E-state index contributed by atoms with van der Waals surface area (Å²) in [4.78, 5) is 19.8. The first-order valence-corrected chi connectivity index (χ1v) is 6.25. The second kappa shape index (κ2) is 6.46. The molecule has 1 saturated heterocycles. The quantitative estimate of drug-likeness (QED) is 0.701. The molecule has 0 aliphatic carbocycles. The van der Waals surface area contributed by atoms with Crippen LogP contribution in [0, 0.1) is 0 Å². The van der Waals surface area contributed by atoms with Gasteiger partial charge in [-0.15, -0.1) is 0 Å². The highest BCUT2D eigenvalue weighted by Gasteiger charge is 2.13. The van der Waals surface area contributed by atoms with Crippen LogP contribution in [0.25, 0.3) is 0 Å². The van der Waals surface area contributed by atoms with Crippen LogP contribution in [0.1, 0.15) is 0 Å². The average molecular weight is 252 g/mol. The minimum absolute atomic E-state index is 0.0654. The Morgan fingerprint density at radius 2 is 2.22 bits per heavy atom. The second-order valence-corrected chi connectivity index (χ2v) is 4.50. The lowest BCUT2D eigenvalue weighted by atomic mass is 10.3. The third kappa shape index (κ3) is 3.78. The van der Waals surface area contributed by atoms with Crippen LogP contribution in [-0.2, 0) is 11.3 Å². The van der Waals surface area contributed by atoms with Gasteiger partial charge in [-0.2, -0.15) is 5.10 Å². The van der Waals surface area contributed by atoms with Gasteiger partial charge in [0.15, 0.2) is 0 Å². The molecule has 0 saturated carbocycles. The first kappa shape index (κ1) is 13.0. The summed E-state index contributed by atoms with van der Waals surface area (Å²) in [5.41, 5.74) is 0. The van der Waals surface area contributed by atoms with Crippen LogP contribution in [0.5, 0.6) is 0 Å². The van der Waals surface area contributed by atoms with Crippen molar-refractivity contribution in [3.8, 4) is 0 Å². The zero-order valence-corrected chi connectivity index (χ0v) is 10.7.